The van der Waals surface area contributed by atoms with E-state index < -0.39 is 17.4 Å². The minimum atomic E-state index is -0.743. The first kappa shape index (κ1) is 16.5. The Hall–Kier alpha value is -2.71. The molecule has 0 aliphatic carbocycles. The molecule has 138 valence electrons. The van der Waals surface area contributed by atoms with Crippen molar-refractivity contribution in [2.75, 3.05) is 23.9 Å². The monoisotopic (exact) mass is 383 g/mol. The second-order valence-electron chi connectivity index (χ2n) is 6.85. The number of amides is 2. The molecule has 3 aliphatic heterocycles. The topological polar surface area (TPSA) is 80.8 Å². The lowest BCUT2D eigenvalue weighted by Gasteiger charge is -2.22. The Labute approximate surface area is 159 Å². The van der Waals surface area contributed by atoms with E-state index in [9.17, 15) is 9.59 Å². The zero-order valence-corrected chi connectivity index (χ0v) is 15.3. The van der Waals surface area contributed by atoms with Crippen molar-refractivity contribution >= 4 is 34.0 Å². The van der Waals surface area contributed by atoms with E-state index >= 15 is 0 Å². The van der Waals surface area contributed by atoms with Gasteiger partial charge in [-0.2, -0.15) is 0 Å². The molecule has 4 heterocycles. The Bertz CT molecular complexity index is 927. The maximum atomic E-state index is 13.2. The molecule has 7 nitrogen and oxygen atoms in total. The highest BCUT2D eigenvalue weighted by molar-refractivity contribution is 7.13. The third-order valence-corrected chi connectivity index (χ3v) is 6.14. The van der Waals surface area contributed by atoms with Gasteiger partial charge in [0.15, 0.2) is 5.13 Å². The Kier molecular flexibility index (Phi) is 3.60. The van der Waals surface area contributed by atoms with Gasteiger partial charge in [-0.15, -0.1) is 11.3 Å². The van der Waals surface area contributed by atoms with Crippen LogP contribution in [0.1, 0.15) is 0 Å². The van der Waals surface area contributed by atoms with Crippen LogP contribution in [0.3, 0.4) is 0 Å². The predicted molar refractivity (Wildman–Crippen MR) is 99.8 cm³/mol. The van der Waals surface area contributed by atoms with E-state index in [0.29, 0.717) is 11.7 Å². The number of hydrogen-bond acceptors (Lipinski definition) is 6. The number of anilines is 2. The summed E-state index contributed by atoms with van der Waals surface area (Å²) in [6.45, 7) is 0.400. The van der Waals surface area contributed by atoms with Gasteiger partial charge < -0.3 is 19.7 Å². The van der Waals surface area contributed by atoms with Gasteiger partial charge in [-0.1, -0.05) is 12.2 Å². The Balaban J connectivity index is 1.44. The number of nitrogens with zero attached hydrogens (tertiary/aromatic N) is 2. The highest BCUT2D eigenvalue weighted by Gasteiger charge is 2.67. The number of benzene rings is 1. The molecule has 1 spiro atoms. The highest BCUT2D eigenvalue weighted by atomic mass is 32.1. The summed E-state index contributed by atoms with van der Waals surface area (Å²) < 4.78 is 11.3. The van der Waals surface area contributed by atoms with E-state index in [2.05, 4.69) is 10.3 Å². The summed E-state index contributed by atoms with van der Waals surface area (Å²) >= 11 is 1.35. The second-order valence-corrected chi connectivity index (χ2v) is 7.74. The summed E-state index contributed by atoms with van der Waals surface area (Å²) in [5.74, 6) is -0.687. The van der Waals surface area contributed by atoms with E-state index in [1.165, 1.54) is 11.3 Å². The molecule has 0 radical (unpaired) electrons. The Morgan fingerprint density at radius 1 is 1.41 bits per heavy atom. The molecule has 4 atom stereocenters. The molecule has 2 fully saturated rings. The number of aromatic nitrogens is 1. The Morgan fingerprint density at radius 2 is 2.22 bits per heavy atom. The quantitative estimate of drug-likeness (QED) is 0.818. The number of thiazole rings is 1. The molecule has 1 aromatic heterocycles. The van der Waals surface area contributed by atoms with Crippen LogP contribution in [0.2, 0.25) is 0 Å². The minimum Gasteiger partial charge on any atom is -0.497 e. The lowest BCUT2D eigenvalue weighted by Crippen LogP contribution is -2.41. The molecular formula is C19H17N3O4S. The third kappa shape index (κ3) is 2.40. The van der Waals surface area contributed by atoms with Crippen LogP contribution < -0.4 is 15.0 Å². The van der Waals surface area contributed by atoms with Crippen LogP contribution in [-0.2, 0) is 14.3 Å². The zero-order valence-electron chi connectivity index (χ0n) is 14.5. The minimum absolute atomic E-state index is 0.0914. The van der Waals surface area contributed by atoms with Gasteiger partial charge in [0, 0.05) is 17.3 Å². The standard InChI is InChI=1S/C19H17N3O4S/c1-25-12-4-2-11(3-5-12)22-10-19-7-6-13(26-19)14(15(19)17(22)24)16(23)21-18-20-8-9-27-18/h2-9,13-15H,10H2,1H3,(H,20,21,23)/t13-,14-,15+,19-/m1/s1. The van der Waals surface area contributed by atoms with E-state index in [-0.39, 0.29) is 17.9 Å². The fourth-order valence-corrected chi connectivity index (χ4v) is 4.78. The van der Waals surface area contributed by atoms with E-state index in [1.807, 2.05) is 36.4 Å². The number of carbonyl (C=O) groups is 2. The van der Waals surface area contributed by atoms with Gasteiger partial charge in [0.2, 0.25) is 11.8 Å². The van der Waals surface area contributed by atoms with Gasteiger partial charge in [0.25, 0.3) is 0 Å². The summed E-state index contributed by atoms with van der Waals surface area (Å²) in [6, 6.07) is 7.31. The van der Waals surface area contributed by atoms with Gasteiger partial charge in [0.1, 0.15) is 11.4 Å². The van der Waals surface area contributed by atoms with Crippen LogP contribution in [-0.4, -0.2) is 42.2 Å². The van der Waals surface area contributed by atoms with Crippen molar-refractivity contribution in [3.8, 4) is 5.75 Å². The van der Waals surface area contributed by atoms with E-state index in [0.717, 1.165) is 11.4 Å². The fourth-order valence-electron chi connectivity index (χ4n) is 4.25. The number of hydrogen-bond donors (Lipinski definition) is 1. The van der Waals surface area contributed by atoms with Crippen molar-refractivity contribution in [2.45, 2.75) is 11.7 Å². The number of fused-ring (bicyclic) bond motifs is 1. The molecule has 8 heteroatoms. The SMILES string of the molecule is COc1ccc(N2C[C@@]34C=C[C@@H](O3)[C@@H](C(=O)Nc3nccs3)[C@H]4C2=O)cc1. The van der Waals surface area contributed by atoms with Crippen LogP contribution in [0, 0.1) is 11.8 Å². The highest BCUT2D eigenvalue weighted by Crippen LogP contribution is 2.52. The second kappa shape index (κ2) is 5.90. The third-order valence-electron chi connectivity index (χ3n) is 5.45. The van der Waals surface area contributed by atoms with Crippen LogP contribution >= 0.6 is 11.3 Å². The molecule has 3 aliphatic rings. The normalized spacial score (nSPS) is 30.6. The van der Waals surface area contributed by atoms with Crippen molar-refractivity contribution in [1.82, 2.24) is 4.98 Å². The molecule has 2 bridgehead atoms. The smallest absolute Gasteiger partial charge is 0.234 e. The Morgan fingerprint density at radius 3 is 2.93 bits per heavy atom. The zero-order chi connectivity index (χ0) is 18.6. The summed E-state index contributed by atoms with van der Waals surface area (Å²) in [4.78, 5) is 31.9. The van der Waals surface area contributed by atoms with Crippen molar-refractivity contribution in [1.29, 1.82) is 0 Å². The molecule has 1 N–H and O–H groups in total. The molecule has 27 heavy (non-hydrogen) atoms. The van der Waals surface area contributed by atoms with Gasteiger partial charge in [0.05, 0.1) is 31.6 Å². The van der Waals surface area contributed by atoms with Crippen molar-refractivity contribution < 1.29 is 19.1 Å². The van der Waals surface area contributed by atoms with Gasteiger partial charge in [-0.25, -0.2) is 4.98 Å². The number of ether oxygens (including phenoxy) is 2. The van der Waals surface area contributed by atoms with Gasteiger partial charge in [-0.3, -0.25) is 9.59 Å². The van der Waals surface area contributed by atoms with Crippen molar-refractivity contribution in [2.24, 2.45) is 11.8 Å². The lowest BCUT2D eigenvalue weighted by molar-refractivity contribution is -0.128. The first-order chi connectivity index (χ1) is 13.1. The first-order valence-corrected chi connectivity index (χ1v) is 9.52. The molecule has 2 saturated heterocycles. The van der Waals surface area contributed by atoms with E-state index in [1.54, 1.807) is 23.6 Å². The van der Waals surface area contributed by atoms with Gasteiger partial charge >= 0.3 is 0 Å². The molecule has 5 rings (SSSR count). The van der Waals surface area contributed by atoms with E-state index in [4.69, 9.17) is 9.47 Å². The van der Waals surface area contributed by atoms with Crippen molar-refractivity contribution in [3.05, 3.63) is 48.0 Å². The molecule has 2 aromatic rings. The number of carbonyl (C=O) groups excluding carboxylic acids is 2. The van der Waals surface area contributed by atoms with Crippen molar-refractivity contribution in [3.63, 3.8) is 0 Å². The van der Waals surface area contributed by atoms with Crippen LogP contribution in [0.15, 0.2) is 48.0 Å². The molecule has 0 saturated carbocycles. The fraction of sp³-hybridized carbons (Fsp3) is 0.316. The molecular weight excluding hydrogens is 366 g/mol. The maximum absolute atomic E-state index is 13.2. The summed E-state index contributed by atoms with van der Waals surface area (Å²) in [6.07, 6.45) is 5.09. The molecule has 0 unspecified atom stereocenters. The van der Waals surface area contributed by atoms with Crippen LogP contribution in [0.5, 0.6) is 5.75 Å². The number of rotatable bonds is 4. The lowest BCUT2D eigenvalue weighted by atomic mass is 9.77. The van der Waals surface area contributed by atoms with Crippen LogP contribution in [0.4, 0.5) is 10.8 Å². The molecule has 2 amide bonds. The first-order valence-electron chi connectivity index (χ1n) is 8.64. The average Bonchev–Trinajstić information content (AvgIpc) is 3.44. The van der Waals surface area contributed by atoms with Crippen LogP contribution in [0.25, 0.3) is 0 Å². The number of methoxy groups -OCH3 is 1. The summed E-state index contributed by atoms with van der Waals surface area (Å²) in [5.41, 5.74) is 0.0242. The average molecular weight is 383 g/mol. The van der Waals surface area contributed by atoms with Gasteiger partial charge in [-0.05, 0) is 24.3 Å². The predicted octanol–water partition coefficient (Wildman–Crippen LogP) is 2.08. The largest absolute Gasteiger partial charge is 0.497 e. The maximum Gasteiger partial charge on any atom is 0.234 e. The summed E-state index contributed by atoms with van der Waals surface area (Å²) in [7, 11) is 1.60. The summed E-state index contributed by atoms with van der Waals surface area (Å²) in [5, 5.41) is 5.13. The number of nitrogens with one attached hydrogen (secondary N) is 1. The molecule has 1 aromatic carbocycles.